The molecule has 0 bridgehead atoms. The normalized spacial score (nSPS) is 13.2. The molecule has 1 heterocycles. The largest absolute Gasteiger partial charge is 0.390 e. The van der Waals surface area contributed by atoms with E-state index in [1.54, 1.807) is 58.3 Å². The molecule has 0 aromatic heterocycles. The number of hydrogen-bond donors (Lipinski definition) is 0. The number of hydrogen-bond acceptors (Lipinski definition) is 5. The van der Waals surface area contributed by atoms with Crippen LogP contribution in [-0.2, 0) is 17.0 Å². The highest BCUT2D eigenvalue weighted by Crippen LogP contribution is 2.60. The average Bonchev–Trinajstić information content (AvgIpc) is 3.58. The number of rotatable bonds is 10. The first-order chi connectivity index (χ1) is 32.6. The molecule has 0 saturated carbocycles. The molecule has 10 rings (SSSR count). The summed E-state index contributed by atoms with van der Waals surface area (Å²) >= 11 is 0. The Labute approximate surface area is 384 Å². The maximum absolute atomic E-state index is 16.3. The summed E-state index contributed by atoms with van der Waals surface area (Å²) in [6.45, 7) is 0. The molecule has 0 amide bonds. The van der Waals surface area contributed by atoms with Crippen molar-refractivity contribution in [1.82, 2.24) is 0 Å². The second-order valence-corrected chi connectivity index (χ2v) is 15.9. The molecule has 9 aromatic carbocycles. The molecule has 0 saturated heterocycles. The summed E-state index contributed by atoms with van der Waals surface area (Å²) in [6.07, 6.45) is -9.33. The van der Waals surface area contributed by atoms with Crippen LogP contribution in [0.2, 0.25) is 0 Å². The van der Waals surface area contributed by atoms with Gasteiger partial charge in [-0.15, -0.1) is 0 Å². The number of nitriles is 2. The SMILES string of the molecule is N#Cc1c(N(c2ccc(-c3ccccc3)cc2)c2ccc(-c3ccccc3)cc2)c(N(c2ccc(-c3ccccc3)cc2)c2ccc(-c3ccccc3)cc2)c(C#N)c2c1C(F)(F)OC2(F)F. The number of nitrogens with zero attached hydrogens (tertiary/aromatic N) is 4. The molecule has 9 aromatic rings. The zero-order chi connectivity index (χ0) is 46.1. The highest BCUT2D eigenvalue weighted by molar-refractivity contribution is 5.99. The minimum absolute atomic E-state index is 0.238. The molecule has 5 nitrogen and oxygen atoms in total. The number of fused-ring (bicyclic) bond motifs is 1. The fourth-order valence-corrected chi connectivity index (χ4v) is 8.77. The van der Waals surface area contributed by atoms with E-state index < -0.39 is 34.5 Å². The van der Waals surface area contributed by atoms with Crippen LogP contribution >= 0.6 is 0 Å². The third-order valence-electron chi connectivity index (χ3n) is 11.9. The van der Waals surface area contributed by atoms with Gasteiger partial charge >= 0.3 is 12.2 Å². The van der Waals surface area contributed by atoms with Gasteiger partial charge in [-0.25, -0.2) is 4.74 Å². The Bertz CT molecular complexity index is 2910. The quantitative estimate of drug-likeness (QED) is 0.128. The van der Waals surface area contributed by atoms with Crippen molar-refractivity contribution in [1.29, 1.82) is 10.5 Å². The minimum Gasteiger partial charge on any atom is -0.307 e. The summed E-state index contributed by atoms with van der Waals surface area (Å²) in [4.78, 5) is 3.16. The first kappa shape index (κ1) is 42.2. The van der Waals surface area contributed by atoms with E-state index >= 15 is 17.6 Å². The first-order valence-electron chi connectivity index (χ1n) is 21.4. The Morgan fingerprint density at radius 1 is 0.313 bits per heavy atom. The molecule has 1 aliphatic rings. The lowest BCUT2D eigenvalue weighted by Gasteiger charge is -2.35. The van der Waals surface area contributed by atoms with Crippen LogP contribution in [0.3, 0.4) is 0 Å². The summed E-state index contributed by atoms with van der Waals surface area (Å²) in [5.41, 5.74) is 3.78. The summed E-state index contributed by atoms with van der Waals surface area (Å²) < 4.78 is 69.5. The van der Waals surface area contributed by atoms with Gasteiger partial charge in [-0.05, 0) is 93.0 Å². The van der Waals surface area contributed by atoms with E-state index in [2.05, 4.69) is 4.74 Å². The minimum atomic E-state index is -4.66. The Hall–Kier alpha value is -8.76. The molecule has 0 N–H and O–H groups in total. The van der Waals surface area contributed by atoms with Crippen molar-refractivity contribution in [3.8, 4) is 56.6 Å². The van der Waals surface area contributed by atoms with E-state index in [0.29, 0.717) is 22.7 Å². The van der Waals surface area contributed by atoms with Gasteiger partial charge in [0.2, 0.25) is 0 Å². The Balaban J connectivity index is 1.30. The van der Waals surface area contributed by atoms with E-state index in [-0.39, 0.29) is 11.4 Å². The number of halogens is 4. The fraction of sp³-hybridized carbons (Fsp3) is 0.0345. The van der Waals surface area contributed by atoms with Crippen LogP contribution < -0.4 is 9.80 Å². The monoisotopic (exact) mass is 880 g/mol. The van der Waals surface area contributed by atoms with Gasteiger partial charge in [0.15, 0.2) is 0 Å². The number of alkyl halides is 4. The third-order valence-corrected chi connectivity index (χ3v) is 11.9. The maximum atomic E-state index is 16.3. The summed E-state index contributed by atoms with van der Waals surface area (Å²) in [5.74, 6) is 0. The molecule has 0 fully saturated rings. The second kappa shape index (κ2) is 17.3. The lowest BCUT2D eigenvalue weighted by atomic mass is 9.90. The molecular weight excluding hydrogens is 845 g/mol. The van der Waals surface area contributed by atoms with Crippen LogP contribution in [0.1, 0.15) is 22.3 Å². The number of ether oxygens (including phenoxy) is 1. The predicted molar refractivity (Wildman–Crippen MR) is 256 cm³/mol. The standard InChI is InChI=1S/C58H36F4N4O/c59-57(60)53-51(37-63)55(65(47-29-21-43(22-30-47)39-13-5-1-6-14-39)48-31-23-44(24-32-48)40-15-7-2-8-16-40)56(52(38-64)54(53)58(61,62)67-57)66(49-33-25-45(26-34-49)41-17-9-3-10-18-41)50-35-27-46(28-36-50)42-19-11-4-12-20-42/h1-36H. The van der Waals surface area contributed by atoms with E-state index in [4.69, 9.17) is 0 Å². The van der Waals surface area contributed by atoms with E-state index in [0.717, 1.165) is 44.5 Å². The van der Waals surface area contributed by atoms with Gasteiger partial charge in [-0.1, -0.05) is 170 Å². The van der Waals surface area contributed by atoms with E-state index in [1.165, 1.54) is 0 Å². The van der Waals surface area contributed by atoms with E-state index in [1.807, 2.05) is 182 Å². The van der Waals surface area contributed by atoms with Crippen molar-refractivity contribution in [2.24, 2.45) is 0 Å². The smallest absolute Gasteiger partial charge is 0.307 e. The molecule has 67 heavy (non-hydrogen) atoms. The molecule has 322 valence electrons. The maximum Gasteiger partial charge on any atom is 0.390 e. The van der Waals surface area contributed by atoms with Crippen molar-refractivity contribution in [3.05, 3.63) is 241 Å². The van der Waals surface area contributed by atoms with E-state index in [9.17, 15) is 10.5 Å². The van der Waals surface area contributed by atoms with Gasteiger partial charge in [0.1, 0.15) is 12.1 Å². The number of anilines is 6. The van der Waals surface area contributed by atoms with Crippen molar-refractivity contribution in [2.75, 3.05) is 9.80 Å². The highest BCUT2D eigenvalue weighted by Gasteiger charge is 2.62. The zero-order valence-electron chi connectivity index (χ0n) is 35.5. The molecule has 0 radical (unpaired) electrons. The highest BCUT2D eigenvalue weighted by atomic mass is 19.3. The predicted octanol–water partition coefficient (Wildman–Crippen LogP) is 16.2. The Kier molecular flexibility index (Phi) is 10.9. The van der Waals surface area contributed by atoms with Crippen molar-refractivity contribution in [2.45, 2.75) is 12.2 Å². The van der Waals surface area contributed by atoms with Gasteiger partial charge in [0.05, 0.1) is 33.6 Å². The summed E-state index contributed by atoms with van der Waals surface area (Å²) in [6, 6.07) is 71.4. The summed E-state index contributed by atoms with van der Waals surface area (Å²) in [5, 5.41) is 22.5. The van der Waals surface area contributed by atoms with Crippen LogP contribution in [0, 0.1) is 22.7 Å². The molecule has 1 aliphatic heterocycles. The Morgan fingerprint density at radius 2 is 0.522 bits per heavy atom. The van der Waals surface area contributed by atoms with Crippen LogP contribution in [-0.4, -0.2) is 0 Å². The molecular formula is C58H36F4N4O. The average molecular weight is 881 g/mol. The lowest BCUT2D eigenvalue weighted by molar-refractivity contribution is -0.369. The molecule has 9 heteroatoms. The second-order valence-electron chi connectivity index (χ2n) is 15.9. The van der Waals surface area contributed by atoms with Crippen LogP contribution in [0.15, 0.2) is 218 Å². The summed E-state index contributed by atoms with van der Waals surface area (Å²) in [7, 11) is 0. The van der Waals surface area contributed by atoms with Gasteiger partial charge in [-0.3, -0.25) is 0 Å². The molecule has 0 spiro atoms. The zero-order valence-corrected chi connectivity index (χ0v) is 35.5. The first-order valence-corrected chi connectivity index (χ1v) is 21.4. The van der Waals surface area contributed by atoms with Gasteiger partial charge in [0, 0.05) is 22.7 Å². The van der Waals surface area contributed by atoms with Crippen molar-refractivity contribution in [3.63, 3.8) is 0 Å². The van der Waals surface area contributed by atoms with Gasteiger partial charge in [-0.2, -0.15) is 28.1 Å². The van der Waals surface area contributed by atoms with Crippen molar-refractivity contribution < 1.29 is 22.3 Å². The fourth-order valence-electron chi connectivity index (χ4n) is 8.77. The van der Waals surface area contributed by atoms with Gasteiger partial charge in [0.25, 0.3) is 0 Å². The lowest BCUT2D eigenvalue weighted by Crippen LogP contribution is -2.23. The molecule has 0 atom stereocenters. The van der Waals surface area contributed by atoms with Crippen LogP contribution in [0.4, 0.5) is 51.7 Å². The van der Waals surface area contributed by atoms with Crippen LogP contribution in [0.25, 0.3) is 44.5 Å². The Morgan fingerprint density at radius 3 is 0.731 bits per heavy atom. The topological polar surface area (TPSA) is 63.3 Å². The molecule has 0 aliphatic carbocycles. The van der Waals surface area contributed by atoms with Gasteiger partial charge < -0.3 is 9.80 Å². The number of benzene rings is 9. The van der Waals surface area contributed by atoms with Crippen molar-refractivity contribution >= 4 is 34.1 Å². The molecule has 0 unspecified atom stereocenters. The third kappa shape index (κ3) is 7.84. The van der Waals surface area contributed by atoms with Crippen LogP contribution in [0.5, 0.6) is 0 Å².